The second-order valence-corrected chi connectivity index (χ2v) is 5.78. The molecule has 1 N–H and O–H groups in total. The molecule has 2 aromatic rings. The fraction of sp³-hybridized carbons (Fsp3) is 0.368. The Bertz CT molecular complexity index is 725. The van der Waals surface area contributed by atoms with Gasteiger partial charge in [-0.25, -0.2) is 4.79 Å². The zero-order chi connectivity index (χ0) is 18.2. The molecule has 0 atom stereocenters. The number of nitrogens with one attached hydrogen (secondary N) is 1. The van der Waals surface area contributed by atoms with E-state index in [1.807, 2.05) is 38.1 Å². The monoisotopic (exact) mass is 341 g/mol. The minimum absolute atomic E-state index is 0.131. The smallest absolute Gasteiger partial charge is 0.317 e. The average molecular weight is 341 g/mol. The fourth-order valence-corrected chi connectivity index (χ4v) is 2.36. The highest BCUT2D eigenvalue weighted by atomic mass is 16.5. The van der Waals surface area contributed by atoms with Gasteiger partial charge in [0.25, 0.3) is 0 Å². The van der Waals surface area contributed by atoms with Crippen molar-refractivity contribution in [1.29, 1.82) is 0 Å². The molecular formula is C19H23N3O3. The number of hydrogen-bond acceptors (Lipinski definition) is 4. The minimum Gasteiger partial charge on any atom is -0.481 e. The lowest BCUT2D eigenvalue weighted by atomic mass is 10.1. The predicted molar refractivity (Wildman–Crippen MR) is 95.3 cm³/mol. The van der Waals surface area contributed by atoms with Gasteiger partial charge in [-0.2, -0.15) is 0 Å². The van der Waals surface area contributed by atoms with Crippen LogP contribution in [0.2, 0.25) is 0 Å². The molecule has 6 nitrogen and oxygen atoms in total. The topological polar surface area (TPSA) is 67.6 Å². The quantitative estimate of drug-likeness (QED) is 0.786. The number of urea groups is 1. The second kappa shape index (κ2) is 8.78. The number of carbonyl (C=O) groups is 1. The number of hydrogen-bond donors (Lipinski definition) is 1. The first-order chi connectivity index (χ1) is 12.0. The number of amides is 2. The molecule has 25 heavy (non-hydrogen) atoms. The lowest BCUT2D eigenvalue weighted by Crippen LogP contribution is -2.37. The van der Waals surface area contributed by atoms with Crippen LogP contribution < -0.4 is 10.1 Å². The van der Waals surface area contributed by atoms with Crippen LogP contribution in [-0.2, 0) is 13.0 Å². The molecule has 0 aliphatic heterocycles. The van der Waals surface area contributed by atoms with Gasteiger partial charge in [0.2, 0.25) is 0 Å². The van der Waals surface area contributed by atoms with Gasteiger partial charge in [0.1, 0.15) is 18.1 Å². The molecule has 2 amide bonds. The van der Waals surface area contributed by atoms with Gasteiger partial charge in [-0.15, -0.1) is 6.42 Å². The molecule has 0 bridgehead atoms. The van der Waals surface area contributed by atoms with E-state index in [1.165, 1.54) is 0 Å². The number of aromatic nitrogens is 1. The van der Waals surface area contributed by atoms with Gasteiger partial charge >= 0.3 is 6.03 Å². The SMILES string of the molecule is C#CCOc1ccc(CCNC(=O)N(C)Cc2c(C)noc2C)cc1. The van der Waals surface area contributed by atoms with E-state index in [1.54, 1.807) is 11.9 Å². The van der Waals surface area contributed by atoms with Gasteiger partial charge in [0.15, 0.2) is 0 Å². The van der Waals surface area contributed by atoms with Crippen LogP contribution in [0.25, 0.3) is 0 Å². The lowest BCUT2D eigenvalue weighted by molar-refractivity contribution is 0.207. The highest BCUT2D eigenvalue weighted by Gasteiger charge is 2.14. The molecule has 0 saturated carbocycles. The number of aryl methyl sites for hydroxylation is 2. The normalized spacial score (nSPS) is 10.2. The van der Waals surface area contributed by atoms with E-state index in [2.05, 4.69) is 16.4 Å². The minimum atomic E-state index is -0.131. The first-order valence-corrected chi connectivity index (χ1v) is 8.07. The largest absolute Gasteiger partial charge is 0.481 e. The summed E-state index contributed by atoms with van der Waals surface area (Å²) in [5.41, 5.74) is 2.87. The summed E-state index contributed by atoms with van der Waals surface area (Å²) < 4.78 is 10.4. The van der Waals surface area contributed by atoms with E-state index in [0.717, 1.165) is 34.8 Å². The first kappa shape index (κ1) is 18.4. The molecule has 0 aliphatic carbocycles. The van der Waals surface area contributed by atoms with E-state index in [0.29, 0.717) is 13.1 Å². The van der Waals surface area contributed by atoms with E-state index in [9.17, 15) is 4.79 Å². The van der Waals surface area contributed by atoms with E-state index >= 15 is 0 Å². The van der Waals surface area contributed by atoms with Crippen LogP contribution >= 0.6 is 0 Å². The molecule has 132 valence electrons. The summed E-state index contributed by atoms with van der Waals surface area (Å²) in [5, 5.41) is 6.81. The van der Waals surface area contributed by atoms with Gasteiger partial charge < -0.3 is 19.5 Å². The maximum atomic E-state index is 12.2. The first-order valence-electron chi connectivity index (χ1n) is 8.07. The van der Waals surface area contributed by atoms with Crippen molar-refractivity contribution < 1.29 is 14.1 Å². The van der Waals surface area contributed by atoms with Gasteiger partial charge in [0, 0.05) is 19.2 Å². The highest BCUT2D eigenvalue weighted by molar-refractivity contribution is 5.73. The van der Waals surface area contributed by atoms with Crippen molar-refractivity contribution >= 4 is 6.03 Å². The van der Waals surface area contributed by atoms with Crippen molar-refractivity contribution in [1.82, 2.24) is 15.4 Å². The number of terminal acetylenes is 1. The molecule has 0 unspecified atom stereocenters. The van der Waals surface area contributed by atoms with Crippen LogP contribution in [0.3, 0.4) is 0 Å². The number of ether oxygens (including phenoxy) is 1. The van der Waals surface area contributed by atoms with Crippen LogP contribution in [0, 0.1) is 26.2 Å². The van der Waals surface area contributed by atoms with Crippen molar-refractivity contribution in [3.05, 3.63) is 46.8 Å². The number of rotatable bonds is 7. The Morgan fingerprint density at radius 2 is 2.08 bits per heavy atom. The Kier molecular flexibility index (Phi) is 6.47. The Hall–Kier alpha value is -2.94. The standard InChI is InChI=1S/C19H23N3O3/c1-5-12-24-17-8-6-16(7-9-17)10-11-20-19(23)22(4)13-18-14(2)21-25-15(18)3/h1,6-9H,10-13H2,2-4H3,(H,20,23). The molecule has 6 heteroatoms. The lowest BCUT2D eigenvalue weighted by Gasteiger charge is -2.17. The van der Waals surface area contributed by atoms with Crippen LogP contribution in [0.15, 0.2) is 28.8 Å². The average Bonchev–Trinajstić information content (AvgIpc) is 2.92. The van der Waals surface area contributed by atoms with E-state index in [-0.39, 0.29) is 12.6 Å². The Balaban J connectivity index is 1.77. The summed E-state index contributed by atoms with van der Waals surface area (Å²) in [4.78, 5) is 13.8. The molecule has 0 saturated heterocycles. The third-order valence-electron chi connectivity index (χ3n) is 3.86. The number of nitrogens with zero attached hydrogens (tertiary/aromatic N) is 2. The summed E-state index contributed by atoms with van der Waals surface area (Å²) in [6, 6.07) is 7.54. The molecule has 0 spiro atoms. The van der Waals surface area contributed by atoms with Crippen molar-refractivity contribution in [2.24, 2.45) is 0 Å². The summed E-state index contributed by atoms with van der Waals surface area (Å²) in [5.74, 6) is 3.91. The van der Waals surface area contributed by atoms with Gasteiger partial charge in [-0.05, 0) is 38.0 Å². The molecule has 1 aromatic carbocycles. The summed E-state index contributed by atoms with van der Waals surface area (Å²) in [6.07, 6.45) is 5.89. The molecule has 0 radical (unpaired) electrons. The van der Waals surface area contributed by atoms with Crippen LogP contribution in [0.5, 0.6) is 5.75 Å². The highest BCUT2D eigenvalue weighted by Crippen LogP contribution is 2.14. The number of benzene rings is 1. The third-order valence-corrected chi connectivity index (χ3v) is 3.86. The van der Waals surface area contributed by atoms with Crippen LogP contribution in [0.4, 0.5) is 4.79 Å². The summed E-state index contributed by atoms with van der Waals surface area (Å²) in [7, 11) is 1.75. The van der Waals surface area contributed by atoms with Crippen LogP contribution in [-0.4, -0.2) is 36.3 Å². The maximum Gasteiger partial charge on any atom is 0.317 e. The van der Waals surface area contributed by atoms with Gasteiger partial charge in [-0.3, -0.25) is 0 Å². The molecule has 1 heterocycles. The van der Waals surface area contributed by atoms with Crippen molar-refractivity contribution in [2.45, 2.75) is 26.8 Å². The predicted octanol–water partition coefficient (Wildman–Crippen LogP) is 2.69. The van der Waals surface area contributed by atoms with Crippen molar-refractivity contribution in [3.8, 4) is 18.1 Å². The summed E-state index contributed by atoms with van der Waals surface area (Å²) >= 11 is 0. The Labute approximate surface area is 148 Å². The zero-order valence-electron chi connectivity index (χ0n) is 14.8. The molecule has 0 fully saturated rings. The molecular weight excluding hydrogens is 318 g/mol. The number of carbonyl (C=O) groups excluding carboxylic acids is 1. The van der Waals surface area contributed by atoms with E-state index in [4.69, 9.17) is 15.7 Å². The molecule has 1 aromatic heterocycles. The molecule has 2 rings (SSSR count). The fourth-order valence-electron chi connectivity index (χ4n) is 2.36. The second-order valence-electron chi connectivity index (χ2n) is 5.78. The van der Waals surface area contributed by atoms with Gasteiger partial charge in [-0.1, -0.05) is 23.2 Å². The summed E-state index contributed by atoms with van der Waals surface area (Å²) in [6.45, 7) is 4.99. The maximum absolute atomic E-state index is 12.2. The zero-order valence-corrected chi connectivity index (χ0v) is 14.8. The Morgan fingerprint density at radius 1 is 1.36 bits per heavy atom. The van der Waals surface area contributed by atoms with Crippen molar-refractivity contribution in [2.75, 3.05) is 20.2 Å². The van der Waals surface area contributed by atoms with E-state index < -0.39 is 0 Å². The third kappa shape index (κ3) is 5.28. The Morgan fingerprint density at radius 3 is 2.68 bits per heavy atom. The van der Waals surface area contributed by atoms with Crippen molar-refractivity contribution in [3.63, 3.8) is 0 Å². The molecule has 0 aliphatic rings. The van der Waals surface area contributed by atoms with Gasteiger partial charge in [0.05, 0.1) is 12.2 Å². The van der Waals surface area contributed by atoms with Crippen LogP contribution in [0.1, 0.15) is 22.6 Å².